The Morgan fingerprint density at radius 3 is 2.64 bits per heavy atom. The van der Waals surface area contributed by atoms with E-state index in [-0.39, 0.29) is 0 Å². The molecule has 0 atom stereocenters. The van der Waals surface area contributed by atoms with Crippen LogP contribution in [0.1, 0.15) is 12.6 Å². The Hall–Kier alpha value is -2.96. The molecule has 1 aromatic heterocycles. The number of anilines is 1. The van der Waals surface area contributed by atoms with E-state index in [1.807, 2.05) is 43.3 Å². The number of benzene rings is 1. The van der Waals surface area contributed by atoms with E-state index in [0.29, 0.717) is 36.5 Å². The number of nitrogens with one attached hydrogen (secondary N) is 2. The lowest BCUT2D eigenvalue weighted by Gasteiger charge is -2.14. The van der Waals surface area contributed by atoms with Crippen molar-refractivity contribution in [2.75, 3.05) is 33.2 Å². The lowest BCUT2D eigenvalue weighted by atomic mass is 10.2. The van der Waals surface area contributed by atoms with Gasteiger partial charge in [0.2, 0.25) is 5.88 Å². The molecule has 25 heavy (non-hydrogen) atoms. The van der Waals surface area contributed by atoms with Crippen LogP contribution < -0.4 is 24.8 Å². The fourth-order valence-electron chi connectivity index (χ4n) is 2.18. The topological polar surface area (TPSA) is 77.0 Å². The van der Waals surface area contributed by atoms with Crippen LogP contribution in [-0.2, 0) is 6.54 Å². The zero-order valence-electron chi connectivity index (χ0n) is 15.0. The lowest BCUT2D eigenvalue weighted by Crippen LogP contribution is -2.30. The van der Waals surface area contributed by atoms with Crippen molar-refractivity contribution in [3.05, 3.63) is 42.1 Å². The number of aliphatic imine (C=N–C) groups is 1. The first kappa shape index (κ1) is 18.4. The SMILES string of the molecule is CCOc1cc(NC(=NC)NCc2cccc(OC)n2)ccc1OC. The predicted molar refractivity (Wildman–Crippen MR) is 98.8 cm³/mol. The second-order valence-corrected chi connectivity index (χ2v) is 5.02. The molecular formula is C18H24N4O3. The Kier molecular flexibility index (Phi) is 6.88. The van der Waals surface area contributed by atoms with Gasteiger partial charge in [-0.3, -0.25) is 4.99 Å². The summed E-state index contributed by atoms with van der Waals surface area (Å²) in [6.45, 7) is 3.01. The van der Waals surface area contributed by atoms with Crippen LogP contribution in [0.4, 0.5) is 5.69 Å². The summed E-state index contributed by atoms with van der Waals surface area (Å²) in [5, 5.41) is 6.44. The first-order valence-electron chi connectivity index (χ1n) is 7.98. The first-order chi connectivity index (χ1) is 12.2. The van der Waals surface area contributed by atoms with Crippen LogP contribution in [0.2, 0.25) is 0 Å². The Morgan fingerprint density at radius 2 is 1.96 bits per heavy atom. The Balaban J connectivity index is 2.03. The number of guanidine groups is 1. The van der Waals surface area contributed by atoms with Gasteiger partial charge in [-0.15, -0.1) is 0 Å². The summed E-state index contributed by atoms with van der Waals surface area (Å²) < 4.78 is 16.0. The van der Waals surface area contributed by atoms with Crippen molar-refractivity contribution >= 4 is 11.6 Å². The molecule has 0 aliphatic heterocycles. The van der Waals surface area contributed by atoms with Crippen LogP contribution >= 0.6 is 0 Å². The van der Waals surface area contributed by atoms with Crippen LogP contribution in [0.15, 0.2) is 41.4 Å². The number of ether oxygens (including phenoxy) is 3. The fraction of sp³-hybridized carbons (Fsp3) is 0.333. The first-order valence-corrected chi connectivity index (χ1v) is 7.98. The molecule has 2 aromatic rings. The van der Waals surface area contributed by atoms with E-state index in [0.717, 1.165) is 11.4 Å². The van der Waals surface area contributed by atoms with Crippen molar-refractivity contribution in [2.24, 2.45) is 4.99 Å². The van der Waals surface area contributed by atoms with Crippen molar-refractivity contribution in [1.29, 1.82) is 0 Å². The molecule has 2 rings (SSSR count). The summed E-state index contributed by atoms with van der Waals surface area (Å²) in [5.74, 6) is 2.58. The minimum Gasteiger partial charge on any atom is -0.493 e. The Bertz CT molecular complexity index is 719. The highest BCUT2D eigenvalue weighted by atomic mass is 16.5. The molecule has 7 nitrogen and oxygen atoms in total. The molecule has 0 amide bonds. The molecule has 1 heterocycles. The van der Waals surface area contributed by atoms with Crippen LogP contribution in [0.25, 0.3) is 0 Å². The van der Waals surface area contributed by atoms with Gasteiger partial charge in [0.25, 0.3) is 0 Å². The van der Waals surface area contributed by atoms with E-state index in [9.17, 15) is 0 Å². The van der Waals surface area contributed by atoms with Crippen LogP contribution in [0.5, 0.6) is 17.4 Å². The van der Waals surface area contributed by atoms with Crippen molar-refractivity contribution < 1.29 is 14.2 Å². The molecule has 2 N–H and O–H groups in total. The number of aromatic nitrogens is 1. The quantitative estimate of drug-likeness (QED) is 0.594. The molecule has 134 valence electrons. The largest absolute Gasteiger partial charge is 0.493 e. The van der Waals surface area contributed by atoms with Crippen molar-refractivity contribution in [1.82, 2.24) is 10.3 Å². The third-order valence-corrected chi connectivity index (χ3v) is 3.38. The molecule has 0 radical (unpaired) electrons. The van der Waals surface area contributed by atoms with Crippen molar-refractivity contribution in [3.63, 3.8) is 0 Å². The second kappa shape index (κ2) is 9.36. The molecule has 1 aromatic carbocycles. The van der Waals surface area contributed by atoms with Gasteiger partial charge in [0.05, 0.1) is 33.1 Å². The average molecular weight is 344 g/mol. The van der Waals surface area contributed by atoms with E-state index >= 15 is 0 Å². The van der Waals surface area contributed by atoms with E-state index in [4.69, 9.17) is 14.2 Å². The zero-order valence-corrected chi connectivity index (χ0v) is 15.0. The van der Waals surface area contributed by atoms with Gasteiger partial charge in [0.1, 0.15) is 0 Å². The average Bonchev–Trinajstić information content (AvgIpc) is 2.65. The number of nitrogens with zero attached hydrogens (tertiary/aromatic N) is 2. The highest BCUT2D eigenvalue weighted by Crippen LogP contribution is 2.30. The number of pyridine rings is 1. The monoisotopic (exact) mass is 344 g/mol. The molecule has 0 aliphatic rings. The Labute approximate surface area is 148 Å². The van der Waals surface area contributed by atoms with Gasteiger partial charge in [-0.2, -0.15) is 0 Å². The lowest BCUT2D eigenvalue weighted by molar-refractivity contribution is 0.311. The molecule has 0 saturated heterocycles. The van der Waals surface area contributed by atoms with Crippen LogP contribution in [0.3, 0.4) is 0 Å². The number of hydrogen-bond donors (Lipinski definition) is 2. The summed E-state index contributed by atoms with van der Waals surface area (Å²) in [5.41, 5.74) is 1.70. The van der Waals surface area contributed by atoms with Gasteiger partial charge in [-0.25, -0.2) is 4.98 Å². The van der Waals surface area contributed by atoms with Crippen molar-refractivity contribution in [3.8, 4) is 17.4 Å². The standard InChI is InChI=1S/C18H24N4O3/c1-5-25-16-11-13(9-10-15(16)23-3)22-18(19-2)20-12-14-7-6-8-17(21-14)24-4/h6-11H,5,12H2,1-4H3,(H2,19,20,22). The maximum absolute atomic E-state index is 5.59. The number of hydrogen-bond acceptors (Lipinski definition) is 5. The smallest absolute Gasteiger partial charge is 0.213 e. The van der Waals surface area contributed by atoms with Gasteiger partial charge in [-0.1, -0.05) is 6.07 Å². The van der Waals surface area contributed by atoms with E-state index < -0.39 is 0 Å². The highest BCUT2D eigenvalue weighted by molar-refractivity contribution is 5.93. The van der Waals surface area contributed by atoms with Gasteiger partial charge in [0, 0.05) is 24.9 Å². The normalized spacial score (nSPS) is 11.0. The summed E-state index contributed by atoms with van der Waals surface area (Å²) >= 11 is 0. The summed E-state index contributed by atoms with van der Waals surface area (Å²) in [6, 6.07) is 11.3. The second-order valence-electron chi connectivity index (χ2n) is 5.02. The zero-order chi connectivity index (χ0) is 18.1. The molecule has 0 saturated carbocycles. The minimum absolute atomic E-state index is 0.519. The predicted octanol–water partition coefficient (Wildman–Crippen LogP) is 2.69. The maximum atomic E-state index is 5.59. The molecule has 7 heteroatoms. The highest BCUT2D eigenvalue weighted by Gasteiger charge is 2.07. The molecular weight excluding hydrogens is 320 g/mol. The van der Waals surface area contributed by atoms with E-state index in [2.05, 4.69) is 20.6 Å². The van der Waals surface area contributed by atoms with Gasteiger partial charge < -0.3 is 24.8 Å². The number of rotatable bonds is 7. The van der Waals surface area contributed by atoms with E-state index in [1.54, 1.807) is 21.3 Å². The molecule has 0 bridgehead atoms. The van der Waals surface area contributed by atoms with Crippen molar-refractivity contribution in [2.45, 2.75) is 13.5 Å². The minimum atomic E-state index is 0.519. The van der Waals surface area contributed by atoms with Gasteiger partial charge in [0.15, 0.2) is 17.5 Å². The van der Waals surface area contributed by atoms with Gasteiger partial charge in [-0.05, 0) is 25.1 Å². The molecule has 0 fully saturated rings. The van der Waals surface area contributed by atoms with Crippen LogP contribution in [0, 0.1) is 0 Å². The third-order valence-electron chi connectivity index (χ3n) is 3.38. The molecule has 0 unspecified atom stereocenters. The van der Waals surface area contributed by atoms with Crippen LogP contribution in [-0.4, -0.2) is 38.8 Å². The summed E-state index contributed by atoms with van der Waals surface area (Å²) in [4.78, 5) is 8.58. The summed E-state index contributed by atoms with van der Waals surface area (Å²) in [7, 11) is 4.92. The molecule has 0 spiro atoms. The van der Waals surface area contributed by atoms with Gasteiger partial charge >= 0.3 is 0 Å². The Morgan fingerprint density at radius 1 is 1.12 bits per heavy atom. The molecule has 0 aliphatic carbocycles. The maximum Gasteiger partial charge on any atom is 0.213 e. The summed E-state index contributed by atoms with van der Waals surface area (Å²) in [6.07, 6.45) is 0. The number of methoxy groups -OCH3 is 2. The fourth-order valence-corrected chi connectivity index (χ4v) is 2.18. The third kappa shape index (κ3) is 5.27. The van der Waals surface area contributed by atoms with E-state index in [1.165, 1.54) is 0 Å².